The summed E-state index contributed by atoms with van der Waals surface area (Å²) in [6, 6.07) is 25.6. The highest BCUT2D eigenvalue weighted by Gasteiger charge is 2.47. The van der Waals surface area contributed by atoms with Gasteiger partial charge in [0.25, 0.3) is 5.91 Å². The Balaban J connectivity index is 1.10. The Hall–Kier alpha value is -2.95. The third kappa shape index (κ3) is 3.54. The van der Waals surface area contributed by atoms with Gasteiger partial charge in [-0.2, -0.15) is 0 Å². The molecule has 0 aromatic heterocycles. The van der Waals surface area contributed by atoms with Crippen LogP contribution in [0.2, 0.25) is 0 Å². The van der Waals surface area contributed by atoms with Gasteiger partial charge in [-0.15, -0.1) is 0 Å². The van der Waals surface area contributed by atoms with E-state index < -0.39 is 6.10 Å². The number of rotatable bonds is 8. The Labute approximate surface area is 208 Å². The van der Waals surface area contributed by atoms with Crippen molar-refractivity contribution in [1.82, 2.24) is 9.80 Å². The maximum Gasteiger partial charge on any atom is 0.254 e. The van der Waals surface area contributed by atoms with Crippen molar-refractivity contribution in [2.24, 2.45) is 0 Å². The molecule has 6 rings (SSSR count). The van der Waals surface area contributed by atoms with Crippen molar-refractivity contribution in [1.29, 1.82) is 0 Å². The topological polar surface area (TPSA) is 43.8 Å². The average Bonchev–Trinajstić information content (AvgIpc) is 3.34. The van der Waals surface area contributed by atoms with E-state index in [2.05, 4.69) is 66.4 Å². The van der Waals surface area contributed by atoms with Gasteiger partial charge in [-0.3, -0.25) is 9.69 Å². The maximum atomic E-state index is 12.8. The number of nitrogens with zero attached hydrogens (tertiary/aromatic N) is 2. The smallest absolute Gasteiger partial charge is 0.254 e. The van der Waals surface area contributed by atoms with E-state index in [0.29, 0.717) is 6.04 Å². The van der Waals surface area contributed by atoms with Crippen molar-refractivity contribution in [2.45, 2.75) is 56.7 Å². The summed E-state index contributed by atoms with van der Waals surface area (Å²) in [4.78, 5) is 17.2. The number of benzene rings is 3. The van der Waals surface area contributed by atoms with Gasteiger partial charge in [-0.05, 0) is 59.7 Å². The molecule has 4 nitrogen and oxygen atoms in total. The van der Waals surface area contributed by atoms with Crippen LogP contribution in [-0.4, -0.2) is 52.6 Å². The summed E-state index contributed by atoms with van der Waals surface area (Å²) in [6.45, 7) is 5.79. The van der Waals surface area contributed by atoms with E-state index in [4.69, 9.17) is 0 Å². The Morgan fingerprint density at radius 2 is 1.51 bits per heavy atom. The number of hydrogen-bond acceptors (Lipinski definition) is 3. The van der Waals surface area contributed by atoms with Gasteiger partial charge in [-0.25, -0.2) is 0 Å². The number of fused-ring (bicyclic) bond motifs is 4. The van der Waals surface area contributed by atoms with E-state index >= 15 is 0 Å². The summed E-state index contributed by atoms with van der Waals surface area (Å²) in [5.74, 6) is 0.181. The summed E-state index contributed by atoms with van der Waals surface area (Å²) in [5, 5.41) is 11.7. The summed E-state index contributed by atoms with van der Waals surface area (Å²) in [5.41, 5.74) is 6.81. The number of amides is 1. The Kier molecular flexibility index (Phi) is 5.74. The fraction of sp³-hybridized carbons (Fsp3) is 0.387. The van der Waals surface area contributed by atoms with E-state index in [1.54, 1.807) is 0 Å². The molecule has 1 unspecified atom stereocenters. The van der Waals surface area contributed by atoms with Gasteiger partial charge in [0.2, 0.25) is 0 Å². The van der Waals surface area contributed by atoms with Gasteiger partial charge in [0, 0.05) is 30.6 Å². The second-order valence-corrected chi connectivity index (χ2v) is 10.5. The zero-order valence-corrected chi connectivity index (χ0v) is 20.5. The molecule has 3 aliphatic rings. The highest BCUT2D eigenvalue weighted by molar-refractivity contribution is 5.98. The Morgan fingerprint density at radius 1 is 0.914 bits per heavy atom. The van der Waals surface area contributed by atoms with Crippen molar-refractivity contribution >= 4 is 5.91 Å². The van der Waals surface area contributed by atoms with Crippen LogP contribution < -0.4 is 0 Å². The van der Waals surface area contributed by atoms with Crippen molar-refractivity contribution < 1.29 is 9.90 Å². The summed E-state index contributed by atoms with van der Waals surface area (Å²) in [7, 11) is 0. The van der Waals surface area contributed by atoms with Gasteiger partial charge in [-0.1, -0.05) is 80.1 Å². The van der Waals surface area contributed by atoms with Gasteiger partial charge in [0.05, 0.1) is 12.1 Å². The van der Waals surface area contributed by atoms with E-state index in [9.17, 15) is 9.90 Å². The quantitative estimate of drug-likeness (QED) is 0.494. The zero-order valence-electron chi connectivity index (χ0n) is 20.5. The van der Waals surface area contributed by atoms with E-state index in [0.717, 1.165) is 63.0 Å². The lowest BCUT2D eigenvalue weighted by Crippen LogP contribution is -2.59. The molecule has 35 heavy (non-hydrogen) atoms. The van der Waals surface area contributed by atoms with E-state index in [-0.39, 0.29) is 11.3 Å². The lowest BCUT2D eigenvalue weighted by atomic mass is 9.69. The van der Waals surface area contributed by atoms with Crippen LogP contribution in [-0.2, 0) is 12.0 Å². The Morgan fingerprint density at radius 3 is 2.14 bits per heavy atom. The first-order chi connectivity index (χ1) is 17.1. The van der Waals surface area contributed by atoms with Crippen LogP contribution in [0.1, 0.15) is 59.7 Å². The largest absolute Gasteiger partial charge is 0.392 e. The van der Waals surface area contributed by atoms with Crippen LogP contribution in [0, 0.1) is 0 Å². The van der Waals surface area contributed by atoms with Gasteiger partial charge in [0.15, 0.2) is 0 Å². The summed E-state index contributed by atoms with van der Waals surface area (Å²) < 4.78 is 0. The van der Waals surface area contributed by atoms with Crippen molar-refractivity contribution in [3.05, 3.63) is 95.1 Å². The molecule has 1 saturated heterocycles. The minimum absolute atomic E-state index is 0.181. The third-order valence-corrected chi connectivity index (χ3v) is 8.50. The number of carbonyl (C=O) groups is 1. The SMILES string of the molecule is CCCC1(C(O)CCCN2CC(N3Cc4ccccc4C3=O)C2)c2ccccc2-c2ccccc21. The molecule has 1 atom stereocenters. The number of aliphatic hydroxyl groups excluding tert-OH is 1. The molecule has 0 saturated carbocycles. The predicted octanol–water partition coefficient (Wildman–Crippen LogP) is 5.23. The van der Waals surface area contributed by atoms with Crippen LogP contribution >= 0.6 is 0 Å². The lowest BCUT2D eigenvalue weighted by molar-refractivity contribution is 0.0244. The molecular weight excluding hydrogens is 432 g/mol. The minimum Gasteiger partial charge on any atom is -0.392 e. The predicted molar refractivity (Wildman–Crippen MR) is 139 cm³/mol. The monoisotopic (exact) mass is 466 g/mol. The van der Waals surface area contributed by atoms with Crippen molar-refractivity contribution in [2.75, 3.05) is 19.6 Å². The number of hydrogen-bond donors (Lipinski definition) is 1. The summed E-state index contributed by atoms with van der Waals surface area (Å²) in [6.07, 6.45) is 3.29. The summed E-state index contributed by atoms with van der Waals surface area (Å²) >= 11 is 0. The molecule has 180 valence electrons. The first kappa shape index (κ1) is 22.5. The van der Waals surface area contributed by atoms with Gasteiger partial charge in [0.1, 0.15) is 0 Å². The molecule has 1 fully saturated rings. The molecule has 2 heterocycles. The highest BCUT2D eigenvalue weighted by Crippen LogP contribution is 2.53. The fourth-order valence-corrected chi connectivity index (χ4v) is 6.80. The first-order valence-electron chi connectivity index (χ1n) is 13.1. The Bertz CT molecular complexity index is 1200. The van der Waals surface area contributed by atoms with Crippen LogP contribution in [0.3, 0.4) is 0 Å². The van der Waals surface area contributed by atoms with Gasteiger partial charge >= 0.3 is 0 Å². The van der Waals surface area contributed by atoms with Crippen LogP contribution in [0.4, 0.5) is 0 Å². The van der Waals surface area contributed by atoms with Crippen molar-refractivity contribution in [3.63, 3.8) is 0 Å². The molecule has 1 amide bonds. The first-order valence-corrected chi connectivity index (χ1v) is 13.1. The van der Waals surface area contributed by atoms with E-state index in [1.165, 1.54) is 22.3 Å². The second kappa shape index (κ2) is 8.92. The van der Waals surface area contributed by atoms with Crippen LogP contribution in [0.5, 0.6) is 0 Å². The molecular formula is C31H34N2O2. The zero-order chi connectivity index (χ0) is 24.0. The standard InChI is InChI=1S/C31H34N2O2/c1-2-17-31(27-14-7-5-12-25(27)26-13-6-8-15-28(26)31)29(34)16-9-18-32-20-23(21-32)33-19-22-10-3-4-11-24(22)30(33)35/h3-8,10-15,23,29,34H,2,9,16-21H2,1H3. The molecule has 2 aliphatic heterocycles. The average molecular weight is 467 g/mol. The highest BCUT2D eigenvalue weighted by atomic mass is 16.3. The molecule has 1 N–H and O–H groups in total. The van der Waals surface area contributed by atoms with Crippen LogP contribution in [0.15, 0.2) is 72.8 Å². The number of likely N-dealkylation sites (tertiary alicyclic amines) is 1. The number of carbonyl (C=O) groups excluding carboxylic acids is 1. The second-order valence-electron chi connectivity index (χ2n) is 10.5. The third-order valence-electron chi connectivity index (χ3n) is 8.50. The lowest BCUT2D eigenvalue weighted by Gasteiger charge is -2.44. The fourth-order valence-electron chi connectivity index (χ4n) is 6.80. The maximum absolute atomic E-state index is 12.8. The van der Waals surface area contributed by atoms with E-state index in [1.807, 2.05) is 23.1 Å². The molecule has 4 heteroatoms. The molecule has 0 spiro atoms. The molecule has 3 aromatic carbocycles. The number of aliphatic hydroxyl groups is 1. The molecule has 0 radical (unpaired) electrons. The molecule has 1 aliphatic carbocycles. The van der Waals surface area contributed by atoms with Gasteiger partial charge < -0.3 is 10.0 Å². The normalized spacial score (nSPS) is 19.3. The molecule has 3 aromatic rings. The minimum atomic E-state index is -0.418. The molecule has 0 bridgehead atoms. The van der Waals surface area contributed by atoms with Crippen LogP contribution in [0.25, 0.3) is 11.1 Å². The van der Waals surface area contributed by atoms with Crippen molar-refractivity contribution in [3.8, 4) is 11.1 Å².